The second-order valence-corrected chi connectivity index (χ2v) is 6.47. The summed E-state index contributed by atoms with van der Waals surface area (Å²) < 4.78 is 5.03. The van der Waals surface area contributed by atoms with E-state index in [1.54, 1.807) is 25.3 Å². The molecule has 0 atom stereocenters. The predicted octanol–water partition coefficient (Wildman–Crippen LogP) is 4.92. The van der Waals surface area contributed by atoms with E-state index in [2.05, 4.69) is 10.3 Å². The molecule has 2 aromatic heterocycles. The number of ether oxygens (including phenoxy) is 1. The van der Waals surface area contributed by atoms with Crippen molar-refractivity contribution >= 4 is 28.4 Å². The van der Waals surface area contributed by atoms with Gasteiger partial charge in [0.2, 0.25) is 0 Å². The van der Waals surface area contributed by atoms with Crippen LogP contribution in [0.3, 0.4) is 0 Å². The first kappa shape index (κ1) is 18.6. The van der Waals surface area contributed by atoms with E-state index in [9.17, 15) is 4.79 Å². The zero-order valence-electron chi connectivity index (χ0n) is 16.2. The third-order valence-electron chi connectivity index (χ3n) is 4.51. The summed E-state index contributed by atoms with van der Waals surface area (Å²) >= 11 is 0. The van der Waals surface area contributed by atoms with Crippen LogP contribution in [0.25, 0.3) is 22.3 Å². The van der Waals surface area contributed by atoms with Gasteiger partial charge in [-0.3, -0.25) is 4.98 Å². The Labute approximate surface area is 168 Å². The van der Waals surface area contributed by atoms with Crippen LogP contribution in [-0.4, -0.2) is 27.5 Å². The van der Waals surface area contributed by atoms with Gasteiger partial charge in [0.1, 0.15) is 5.82 Å². The van der Waals surface area contributed by atoms with E-state index in [0.29, 0.717) is 23.8 Å². The number of esters is 1. The lowest BCUT2D eigenvalue weighted by atomic mass is 10.1. The number of rotatable bonds is 5. The summed E-state index contributed by atoms with van der Waals surface area (Å²) in [5.41, 5.74) is 3.92. The highest BCUT2D eigenvalue weighted by Crippen LogP contribution is 2.28. The lowest BCUT2D eigenvalue weighted by molar-refractivity contribution is 0.0526. The van der Waals surface area contributed by atoms with Crippen molar-refractivity contribution in [3.05, 3.63) is 78.1 Å². The normalized spacial score (nSPS) is 10.7. The van der Waals surface area contributed by atoms with Gasteiger partial charge in [0, 0.05) is 28.5 Å². The maximum absolute atomic E-state index is 11.9. The first-order valence-corrected chi connectivity index (χ1v) is 9.38. The second-order valence-electron chi connectivity index (χ2n) is 6.47. The maximum atomic E-state index is 11.9. The van der Waals surface area contributed by atoms with Crippen molar-refractivity contribution in [1.29, 1.82) is 0 Å². The molecule has 0 saturated carbocycles. The van der Waals surface area contributed by atoms with Crippen LogP contribution in [-0.2, 0) is 4.74 Å². The van der Waals surface area contributed by atoms with Gasteiger partial charge in [-0.15, -0.1) is 0 Å². The number of carbonyl (C=O) groups is 1. The predicted molar refractivity (Wildman–Crippen MR) is 113 cm³/mol. The van der Waals surface area contributed by atoms with E-state index in [0.717, 1.165) is 27.8 Å². The molecule has 0 aliphatic heterocycles. The number of benzene rings is 2. The van der Waals surface area contributed by atoms with E-state index < -0.39 is 0 Å². The number of aryl methyl sites for hydroxylation is 1. The van der Waals surface area contributed by atoms with Crippen molar-refractivity contribution in [1.82, 2.24) is 15.0 Å². The zero-order valence-corrected chi connectivity index (χ0v) is 16.2. The van der Waals surface area contributed by atoms with E-state index in [1.807, 2.05) is 55.5 Å². The van der Waals surface area contributed by atoms with Crippen molar-refractivity contribution in [2.45, 2.75) is 13.8 Å². The van der Waals surface area contributed by atoms with Gasteiger partial charge in [0.05, 0.1) is 17.7 Å². The highest BCUT2D eigenvalue weighted by Gasteiger charge is 2.12. The fourth-order valence-corrected chi connectivity index (χ4v) is 3.05. The monoisotopic (exact) mass is 384 g/mol. The standard InChI is InChI=1S/C23H20N4O2/c1-3-29-23(28)16-10-12-17(13-11-16)25-22-19-7-4-5-9-20(19)26-21(27-22)18-8-6-14-24-15(18)2/h4-14H,3H2,1-2H3,(H,25,26,27). The molecule has 0 aliphatic rings. The SMILES string of the molecule is CCOC(=O)c1ccc(Nc2nc(-c3cccnc3C)nc3ccccc23)cc1. The number of aromatic nitrogens is 3. The van der Waals surface area contributed by atoms with E-state index in [4.69, 9.17) is 14.7 Å². The number of para-hydroxylation sites is 1. The van der Waals surface area contributed by atoms with Gasteiger partial charge in [-0.05, 0) is 62.4 Å². The molecule has 2 aromatic carbocycles. The topological polar surface area (TPSA) is 77.0 Å². The van der Waals surface area contributed by atoms with Gasteiger partial charge < -0.3 is 10.1 Å². The molecule has 4 rings (SSSR count). The van der Waals surface area contributed by atoms with Crippen LogP contribution in [0.15, 0.2) is 66.9 Å². The van der Waals surface area contributed by atoms with Gasteiger partial charge in [0.25, 0.3) is 0 Å². The number of pyridine rings is 1. The summed E-state index contributed by atoms with van der Waals surface area (Å²) in [5, 5.41) is 4.26. The van der Waals surface area contributed by atoms with Crippen LogP contribution in [0.2, 0.25) is 0 Å². The molecule has 0 saturated heterocycles. The Hall–Kier alpha value is -3.80. The van der Waals surface area contributed by atoms with E-state index in [1.165, 1.54) is 0 Å². The molecule has 144 valence electrons. The molecule has 29 heavy (non-hydrogen) atoms. The van der Waals surface area contributed by atoms with Crippen LogP contribution in [0, 0.1) is 6.92 Å². The number of nitrogens with zero attached hydrogens (tertiary/aromatic N) is 3. The molecule has 0 radical (unpaired) electrons. The molecule has 0 unspecified atom stereocenters. The Morgan fingerprint density at radius 2 is 1.79 bits per heavy atom. The van der Waals surface area contributed by atoms with Crippen LogP contribution >= 0.6 is 0 Å². The Balaban J connectivity index is 1.73. The average Bonchev–Trinajstić information content (AvgIpc) is 2.75. The van der Waals surface area contributed by atoms with Crippen molar-refractivity contribution in [3.63, 3.8) is 0 Å². The third-order valence-corrected chi connectivity index (χ3v) is 4.51. The molecule has 6 nitrogen and oxygen atoms in total. The minimum absolute atomic E-state index is 0.333. The molecule has 0 bridgehead atoms. The Kier molecular flexibility index (Phi) is 5.16. The summed E-state index contributed by atoms with van der Waals surface area (Å²) in [4.78, 5) is 25.7. The van der Waals surface area contributed by atoms with Crippen molar-refractivity contribution in [3.8, 4) is 11.4 Å². The Morgan fingerprint density at radius 3 is 2.55 bits per heavy atom. The molecule has 1 N–H and O–H groups in total. The fourth-order valence-electron chi connectivity index (χ4n) is 3.05. The van der Waals surface area contributed by atoms with Gasteiger partial charge in [-0.1, -0.05) is 12.1 Å². The molecular formula is C23H20N4O2. The largest absolute Gasteiger partial charge is 0.462 e. The number of fused-ring (bicyclic) bond motifs is 1. The number of anilines is 2. The molecule has 2 heterocycles. The summed E-state index contributed by atoms with van der Waals surface area (Å²) in [7, 11) is 0. The average molecular weight is 384 g/mol. The minimum atomic E-state index is -0.333. The highest BCUT2D eigenvalue weighted by atomic mass is 16.5. The maximum Gasteiger partial charge on any atom is 0.338 e. The smallest absolute Gasteiger partial charge is 0.338 e. The molecule has 0 amide bonds. The van der Waals surface area contributed by atoms with Gasteiger partial charge in [-0.2, -0.15) is 0 Å². The number of hydrogen-bond acceptors (Lipinski definition) is 6. The molecular weight excluding hydrogens is 364 g/mol. The molecule has 6 heteroatoms. The van der Waals surface area contributed by atoms with Gasteiger partial charge in [0.15, 0.2) is 5.82 Å². The Bertz CT molecular complexity index is 1170. The van der Waals surface area contributed by atoms with Crippen LogP contribution in [0.4, 0.5) is 11.5 Å². The van der Waals surface area contributed by atoms with Gasteiger partial charge >= 0.3 is 5.97 Å². The van der Waals surface area contributed by atoms with Gasteiger partial charge in [-0.25, -0.2) is 14.8 Å². The minimum Gasteiger partial charge on any atom is -0.462 e. The van der Waals surface area contributed by atoms with Crippen molar-refractivity contribution in [2.75, 3.05) is 11.9 Å². The van der Waals surface area contributed by atoms with Crippen LogP contribution < -0.4 is 5.32 Å². The molecule has 0 spiro atoms. The number of nitrogens with one attached hydrogen (secondary N) is 1. The lowest BCUT2D eigenvalue weighted by Gasteiger charge is -2.12. The quantitative estimate of drug-likeness (QED) is 0.492. The molecule has 0 fully saturated rings. The Morgan fingerprint density at radius 1 is 1.00 bits per heavy atom. The summed E-state index contributed by atoms with van der Waals surface area (Å²) in [6.07, 6.45) is 1.75. The molecule has 4 aromatic rings. The second kappa shape index (κ2) is 8.06. The zero-order chi connectivity index (χ0) is 20.2. The first-order valence-electron chi connectivity index (χ1n) is 9.38. The number of hydrogen-bond donors (Lipinski definition) is 1. The first-order chi connectivity index (χ1) is 14.2. The lowest BCUT2D eigenvalue weighted by Crippen LogP contribution is -2.04. The van der Waals surface area contributed by atoms with Crippen LogP contribution in [0.5, 0.6) is 0 Å². The number of carbonyl (C=O) groups excluding carboxylic acids is 1. The summed E-state index contributed by atoms with van der Waals surface area (Å²) in [6.45, 7) is 4.08. The highest BCUT2D eigenvalue weighted by molar-refractivity contribution is 5.93. The van der Waals surface area contributed by atoms with E-state index >= 15 is 0 Å². The fraction of sp³-hybridized carbons (Fsp3) is 0.130. The summed E-state index contributed by atoms with van der Waals surface area (Å²) in [5.74, 6) is 0.971. The van der Waals surface area contributed by atoms with Crippen molar-refractivity contribution < 1.29 is 9.53 Å². The summed E-state index contributed by atoms with van der Waals surface area (Å²) in [6, 6.07) is 18.8. The van der Waals surface area contributed by atoms with E-state index in [-0.39, 0.29) is 5.97 Å². The van der Waals surface area contributed by atoms with Crippen molar-refractivity contribution in [2.24, 2.45) is 0 Å². The third kappa shape index (κ3) is 3.91. The molecule has 0 aliphatic carbocycles. The van der Waals surface area contributed by atoms with Crippen LogP contribution in [0.1, 0.15) is 23.0 Å².